The summed E-state index contributed by atoms with van der Waals surface area (Å²) in [5.41, 5.74) is 1.42. The van der Waals surface area contributed by atoms with Crippen LogP contribution in [-0.4, -0.2) is 35.4 Å². The molecule has 2 heteroatoms. The van der Waals surface area contributed by atoms with E-state index in [2.05, 4.69) is 54.7 Å². The molecule has 0 bridgehead atoms. The molecule has 1 nitrogen and oxygen atoms in total. The van der Waals surface area contributed by atoms with Crippen molar-refractivity contribution in [2.24, 2.45) is 0 Å². The van der Waals surface area contributed by atoms with Crippen LogP contribution in [0.25, 0.3) is 0 Å². The highest BCUT2D eigenvalue weighted by Gasteiger charge is 2.14. The van der Waals surface area contributed by atoms with Gasteiger partial charge in [0.2, 0.25) is 0 Å². The van der Waals surface area contributed by atoms with Gasteiger partial charge in [0.1, 0.15) is 6.54 Å². The molecule has 0 aliphatic rings. The summed E-state index contributed by atoms with van der Waals surface area (Å²) in [6.07, 6.45) is 1.23. The fourth-order valence-electron chi connectivity index (χ4n) is 1.66. The van der Waals surface area contributed by atoms with Crippen molar-refractivity contribution >= 4 is 10.2 Å². The number of quaternary nitrogens is 1. The molecule has 0 aliphatic carbocycles. The fraction of sp³-hybridized carbons (Fsp3) is 0.500. The van der Waals surface area contributed by atoms with Crippen LogP contribution in [0, 0.1) is 0 Å². The summed E-state index contributed by atoms with van der Waals surface area (Å²) in [6, 6.07) is 11.8. The van der Waals surface area contributed by atoms with E-state index in [9.17, 15) is 0 Å². The molecule has 0 spiro atoms. The molecule has 0 N–H and O–H groups in total. The average molecular weight is 205 g/mol. The normalized spacial score (nSPS) is 11.6. The van der Waals surface area contributed by atoms with E-state index < -0.39 is 0 Å². The molecule has 1 aromatic rings. The van der Waals surface area contributed by atoms with Gasteiger partial charge in [-0.25, -0.2) is 0 Å². The van der Waals surface area contributed by atoms with E-state index in [0.29, 0.717) is 0 Å². The van der Waals surface area contributed by atoms with Crippen LogP contribution in [0.2, 0.25) is 6.04 Å². The van der Waals surface area contributed by atoms with E-state index in [1.807, 2.05) is 0 Å². The zero-order valence-electron chi connectivity index (χ0n) is 9.16. The summed E-state index contributed by atoms with van der Waals surface area (Å²) in [5.74, 6) is 0. The molecule has 3 radical (unpaired) electrons. The van der Waals surface area contributed by atoms with Crippen molar-refractivity contribution in [1.82, 2.24) is 0 Å². The Balaban J connectivity index is 2.50. The molecule has 0 saturated heterocycles. The van der Waals surface area contributed by atoms with Crippen molar-refractivity contribution in [2.75, 3.05) is 20.6 Å². The molecule has 1 aromatic carbocycles. The monoisotopic (exact) mass is 205 g/mol. The van der Waals surface area contributed by atoms with Crippen molar-refractivity contribution in [2.45, 2.75) is 19.0 Å². The van der Waals surface area contributed by atoms with E-state index in [-0.39, 0.29) is 0 Å². The topological polar surface area (TPSA) is 0 Å². The third kappa shape index (κ3) is 4.07. The molecule has 1 rings (SSSR count). The van der Waals surface area contributed by atoms with Gasteiger partial charge in [-0.1, -0.05) is 36.4 Å². The van der Waals surface area contributed by atoms with Crippen molar-refractivity contribution in [3.05, 3.63) is 35.9 Å². The highest BCUT2D eigenvalue weighted by atomic mass is 28.1. The van der Waals surface area contributed by atoms with Crippen LogP contribution < -0.4 is 0 Å². The van der Waals surface area contributed by atoms with Crippen LogP contribution in [0.4, 0.5) is 0 Å². The quantitative estimate of drug-likeness (QED) is 0.511. The predicted molar refractivity (Wildman–Crippen MR) is 62.3 cm³/mol. The van der Waals surface area contributed by atoms with E-state index in [1.54, 1.807) is 0 Å². The van der Waals surface area contributed by atoms with Crippen LogP contribution in [0.5, 0.6) is 0 Å². The van der Waals surface area contributed by atoms with Gasteiger partial charge in [0.05, 0.1) is 20.6 Å². The van der Waals surface area contributed by atoms with Crippen LogP contribution in [0.15, 0.2) is 30.3 Å². The SMILES string of the molecule is C[N+](C)(CCC[Si])Cc1ccccc1. The number of hydrogen-bond acceptors (Lipinski definition) is 0. The summed E-state index contributed by atoms with van der Waals surface area (Å²) in [6.45, 7) is 2.34. The number of rotatable bonds is 5. The summed E-state index contributed by atoms with van der Waals surface area (Å²) in [5, 5.41) is 0. The van der Waals surface area contributed by atoms with Gasteiger partial charge in [0.15, 0.2) is 0 Å². The molecule has 0 amide bonds. The van der Waals surface area contributed by atoms with E-state index in [0.717, 1.165) is 17.1 Å². The lowest BCUT2D eigenvalue weighted by molar-refractivity contribution is -0.903. The summed E-state index contributed by atoms with van der Waals surface area (Å²) < 4.78 is 1.06. The summed E-state index contributed by atoms with van der Waals surface area (Å²) in [4.78, 5) is 0. The Morgan fingerprint density at radius 3 is 2.36 bits per heavy atom. The second kappa shape index (κ2) is 5.32. The van der Waals surface area contributed by atoms with Gasteiger partial charge >= 0.3 is 0 Å². The lowest BCUT2D eigenvalue weighted by Crippen LogP contribution is -2.39. The smallest absolute Gasteiger partial charge is 0.104 e. The van der Waals surface area contributed by atoms with E-state index >= 15 is 0 Å². The number of benzene rings is 1. The van der Waals surface area contributed by atoms with Crippen LogP contribution in [0.3, 0.4) is 0 Å². The first-order valence-electron chi connectivity index (χ1n) is 5.14. The molecule has 0 unspecified atom stereocenters. The molecule has 14 heavy (non-hydrogen) atoms. The number of nitrogens with zero attached hydrogens (tertiary/aromatic N) is 1. The van der Waals surface area contributed by atoms with Gasteiger partial charge in [0, 0.05) is 15.8 Å². The van der Waals surface area contributed by atoms with Gasteiger partial charge in [-0.3, -0.25) is 0 Å². The first-order chi connectivity index (χ1) is 6.64. The molecule has 0 saturated carbocycles. The van der Waals surface area contributed by atoms with Gasteiger partial charge in [-0.2, -0.15) is 0 Å². The molecule has 0 atom stereocenters. The second-order valence-electron chi connectivity index (χ2n) is 4.41. The Labute approximate surface area is 90.8 Å². The van der Waals surface area contributed by atoms with Crippen LogP contribution in [-0.2, 0) is 6.54 Å². The van der Waals surface area contributed by atoms with Crippen LogP contribution >= 0.6 is 0 Å². The third-order valence-corrected chi connectivity index (χ3v) is 2.75. The van der Waals surface area contributed by atoms with Crippen molar-refractivity contribution in [3.8, 4) is 0 Å². The Bertz CT molecular complexity index is 256. The van der Waals surface area contributed by atoms with Gasteiger partial charge in [-0.05, 0) is 6.42 Å². The van der Waals surface area contributed by atoms with Gasteiger partial charge < -0.3 is 4.48 Å². The largest absolute Gasteiger partial charge is 0.325 e. The highest BCUT2D eigenvalue weighted by molar-refractivity contribution is 6.08. The minimum Gasteiger partial charge on any atom is -0.325 e. The minimum absolute atomic E-state index is 1.06. The maximum absolute atomic E-state index is 3.52. The second-order valence-corrected chi connectivity index (χ2v) is 4.91. The number of hydrogen-bond donors (Lipinski definition) is 0. The standard InChI is InChI=1S/C12H19NSi/c1-13(2,9-6-10-14)11-12-7-4-3-5-8-12/h3-5,7-8H,6,9-11H2,1-2H3/q+1. The predicted octanol–water partition coefficient (Wildman–Crippen LogP) is 2.24. The Kier molecular flexibility index (Phi) is 4.36. The third-order valence-electron chi connectivity index (χ3n) is 2.39. The van der Waals surface area contributed by atoms with Crippen molar-refractivity contribution < 1.29 is 4.48 Å². The van der Waals surface area contributed by atoms with E-state index in [1.165, 1.54) is 18.5 Å². The Hall–Kier alpha value is -0.603. The zero-order valence-corrected chi connectivity index (χ0v) is 10.2. The fourth-order valence-corrected chi connectivity index (χ4v) is 1.82. The molecule has 0 aliphatic heterocycles. The highest BCUT2D eigenvalue weighted by Crippen LogP contribution is 2.10. The molecule has 75 valence electrons. The average Bonchev–Trinajstić information content (AvgIpc) is 2.16. The van der Waals surface area contributed by atoms with E-state index in [4.69, 9.17) is 0 Å². The summed E-state index contributed by atoms with van der Waals surface area (Å²) in [7, 11) is 8.10. The molecular formula is C12H19NSi+. The maximum atomic E-state index is 3.52. The maximum Gasteiger partial charge on any atom is 0.104 e. The van der Waals surface area contributed by atoms with Crippen LogP contribution in [0.1, 0.15) is 12.0 Å². The van der Waals surface area contributed by atoms with Gasteiger partial charge in [0.25, 0.3) is 0 Å². The first kappa shape index (κ1) is 11.5. The molecular weight excluding hydrogens is 186 g/mol. The van der Waals surface area contributed by atoms with Crippen molar-refractivity contribution in [3.63, 3.8) is 0 Å². The van der Waals surface area contributed by atoms with Crippen molar-refractivity contribution in [1.29, 1.82) is 0 Å². The zero-order chi connectivity index (χ0) is 10.4. The lowest BCUT2D eigenvalue weighted by atomic mass is 10.2. The first-order valence-corrected chi connectivity index (χ1v) is 5.85. The molecule has 0 fully saturated rings. The minimum atomic E-state index is 1.06. The molecule has 0 heterocycles. The Morgan fingerprint density at radius 1 is 1.14 bits per heavy atom. The lowest BCUT2D eigenvalue weighted by Gasteiger charge is -2.29. The van der Waals surface area contributed by atoms with Gasteiger partial charge in [-0.15, -0.1) is 0 Å². The Morgan fingerprint density at radius 2 is 1.79 bits per heavy atom. The summed E-state index contributed by atoms with van der Waals surface area (Å²) >= 11 is 0. The molecule has 0 aromatic heterocycles.